The highest BCUT2D eigenvalue weighted by molar-refractivity contribution is 7.89. The summed E-state index contributed by atoms with van der Waals surface area (Å²) in [7, 11) is -3.47. The van der Waals surface area contributed by atoms with E-state index in [-0.39, 0.29) is 11.7 Å². The maximum absolute atomic E-state index is 12.3. The Bertz CT molecular complexity index is 910. The van der Waals surface area contributed by atoms with E-state index in [2.05, 4.69) is 34.8 Å². The lowest BCUT2D eigenvalue weighted by molar-refractivity contribution is -0.222. The number of likely N-dealkylation sites (tertiary alicyclic amines) is 1. The van der Waals surface area contributed by atoms with Crippen molar-refractivity contribution in [3.05, 3.63) is 48.3 Å². The van der Waals surface area contributed by atoms with E-state index in [0.29, 0.717) is 17.5 Å². The van der Waals surface area contributed by atoms with Gasteiger partial charge in [0.1, 0.15) is 0 Å². The summed E-state index contributed by atoms with van der Waals surface area (Å²) < 4.78 is 35.5. The molecule has 1 spiro atoms. The Labute approximate surface area is 173 Å². The molecule has 4 rings (SSSR count). The Balaban J connectivity index is 1.21. The Kier molecular flexibility index (Phi) is 5.79. The molecule has 2 aliphatic rings. The number of hydrogen-bond acceptors (Lipinski definition) is 5. The fraction of sp³-hybridized carbons (Fsp3) is 0.571. The molecule has 0 radical (unpaired) electrons. The largest absolute Gasteiger partial charge is 0.370 e. The van der Waals surface area contributed by atoms with Gasteiger partial charge in [0.25, 0.3) is 0 Å². The summed E-state index contributed by atoms with van der Waals surface area (Å²) in [6.45, 7) is 7.50. The summed E-state index contributed by atoms with van der Waals surface area (Å²) in [5, 5.41) is 4.42. The van der Waals surface area contributed by atoms with Crippen LogP contribution in [-0.4, -0.2) is 54.4 Å². The van der Waals surface area contributed by atoms with Crippen LogP contribution in [0.5, 0.6) is 0 Å². The molecule has 7 nitrogen and oxygen atoms in total. The molecular formula is C21H30N4O3S. The molecule has 29 heavy (non-hydrogen) atoms. The number of sulfonamides is 1. The summed E-state index contributed by atoms with van der Waals surface area (Å²) in [6, 6.07) is 8.85. The highest BCUT2D eigenvalue weighted by Crippen LogP contribution is 2.41. The predicted molar refractivity (Wildman–Crippen MR) is 111 cm³/mol. The highest BCUT2D eigenvalue weighted by Gasteiger charge is 2.47. The third kappa shape index (κ3) is 4.71. The molecule has 8 heteroatoms. The first kappa shape index (κ1) is 20.5. The molecular weight excluding hydrogens is 388 g/mol. The van der Waals surface area contributed by atoms with Crippen LogP contribution >= 0.6 is 0 Å². The van der Waals surface area contributed by atoms with Gasteiger partial charge < -0.3 is 4.74 Å². The topological polar surface area (TPSA) is 76.5 Å². The number of nitrogens with one attached hydrogen (secondary N) is 1. The maximum atomic E-state index is 12.3. The summed E-state index contributed by atoms with van der Waals surface area (Å²) in [5.41, 5.74) is 1.18. The van der Waals surface area contributed by atoms with E-state index >= 15 is 0 Å². The third-order valence-corrected chi connectivity index (χ3v) is 7.37. The fourth-order valence-corrected chi connectivity index (χ4v) is 5.29. The smallest absolute Gasteiger partial charge is 0.240 e. The van der Waals surface area contributed by atoms with Gasteiger partial charge in [-0.1, -0.05) is 18.2 Å². The van der Waals surface area contributed by atoms with Crippen molar-refractivity contribution in [2.24, 2.45) is 0 Å². The van der Waals surface area contributed by atoms with E-state index in [4.69, 9.17) is 4.74 Å². The standard InChI is InChI=1S/C21H30N4O3S/c1-17(2)25-16-18(13-22-25)15-24-10-8-21(9-11-24)12-19(28-21)14-23-29(26,27)20-6-4-3-5-7-20/h3-7,13,16-17,19,23H,8-12,14-15H2,1-2H3/t19-/m0/s1. The van der Waals surface area contributed by atoms with Gasteiger partial charge in [-0.25, -0.2) is 13.1 Å². The van der Waals surface area contributed by atoms with Crippen molar-refractivity contribution < 1.29 is 13.2 Å². The van der Waals surface area contributed by atoms with Crippen molar-refractivity contribution in [1.82, 2.24) is 19.4 Å². The Morgan fingerprint density at radius 2 is 1.93 bits per heavy atom. The number of nitrogens with zero attached hydrogens (tertiary/aromatic N) is 3. The molecule has 0 bridgehead atoms. The van der Waals surface area contributed by atoms with Crippen LogP contribution in [0.15, 0.2) is 47.6 Å². The monoisotopic (exact) mass is 418 g/mol. The van der Waals surface area contributed by atoms with Gasteiger partial charge in [-0.05, 0) is 38.8 Å². The number of aromatic nitrogens is 2. The van der Waals surface area contributed by atoms with Gasteiger partial charge in [0.05, 0.1) is 22.8 Å². The van der Waals surface area contributed by atoms with Gasteiger partial charge in [0.15, 0.2) is 0 Å². The molecule has 0 saturated carbocycles. The van der Waals surface area contributed by atoms with Crippen molar-refractivity contribution in [3.63, 3.8) is 0 Å². The Hall–Kier alpha value is -1.74. The lowest BCUT2D eigenvalue weighted by atomic mass is 9.80. The van der Waals surface area contributed by atoms with E-state index in [1.807, 2.05) is 10.9 Å². The van der Waals surface area contributed by atoms with Crippen LogP contribution in [0.3, 0.4) is 0 Å². The van der Waals surface area contributed by atoms with Crippen LogP contribution in [0, 0.1) is 0 Å². The first-order valence-corrected chi connectivity index (χ1v) is 11.8. The maximum Gasteiger partial charge on any atom is 0.240 e. The van der Waals surface area contributed by atoms with E-state index in [0.717, 1.165) is 38.9 Å². The van der Waals surface area contributed by atoms with Crippen molar-refractivity contribution in [2.75, 3.05) is 19.6 Å². The Morgan fingerprint density at radius 1 is 1.24 bits per heavy atom. The molecule has 0 unspecified atom stereocenters. The zero-order valence-corrected chi connectivity index (χ0v) is 17.9. The van der Waals surface area contributed by atoms with Crippen LogP contribution in [0.1, 0.15) is 44.7 Å². The van der Waals surface area contributed by atoms with Crippen LogP contribution < -0.4 is 4.72 Å². The molecule has 2 aliphatic heterocycles. The molecule has 2 saturated heterocycles. The highest BCUT2D eigenvalue weighted by atomic mass is 32.2. The number of ether oxygens (including phenoxy) is 1. The van der Waals surface area contributed by atoms with Crippen LogP contribution in [-0.2, 0) is 21.3 Å². The zero-order chi connectivity index (χ0) is 20.5. The van der Waals surface area contributed by atoms with Gasteiger partial charge in [-0.2, -0.15) is 5.10 Å². The third-order valence-electron chi connectivity index (χ3n) is 5.93. The second-order valence-electron chi connectivity index (χ2n) is 8.49. The minimum Gasteiger partial charge on any atom is -0.370 e. The van der Waals surface area contributed by atoms with E-state index in [1.165, 1.54) is 5.56 Å². The van der Waals surface area contributed by atoms with Crippen LogP contribution in [0.4, 0.5) is 0 Å². The molecule has 1 N–H and O–H groups in total. The molecule has 1 atom stereocenters. The van der Waals surface area contributed by atoms with Crippen molar-refractivity contribution >= 4 is 10.0 Å². The molecule has 0 aliphatic carbocycles. The summed E-state index contributed by atoms with van der Waals surface area (Å²) in [4.78, 5) is 2.74. The fourth-order valence-electron chi connectivity index (χ4n) is 4.20. The lowest BCUT2D eigenvalue weighted by Crippen LogP contribution is -2.58. The number of piperidine rings is 1. The van der Waals surface area contributed by atoms with Crippen LogP contribution in [0.25, 0.3) is 0 Å². The van der Waals surface area contributed by atoms with Crippen LogP contribution in [0.2, 0.25) is 0 Å². The first-order valence-electron chi connectivity index (χ1n) is 10.3. The van der Waals surface area contributed by atoms with E-state index in [9.17, 15) is 8.42 Å². The molecule has 0 amide bonds. The SMILES string of the molecule is CC(C)n1cc(CN2CCC3(CC2)C[C@@H](CNS(=O)(=O)c2ccccc2)O3)cn1. The second kappa shape index (κ2) is 8.18. The zero-order valence-electron chi connectivity index (χ0n) is 17.1. The average molecular weight is 419 g/mol. The minimum atomic E-state index is -3.47. The van der Waals surface area contributed by atoms with Crippen molar-refractivity contribution in [1.29, 1.82) is 0 Å². The van der Waals surface area contributed by atoms with Gasteiger partial charge in [0, 0.05) is 50.4 Å². The summed E-state index contributed by atoms with van der Waals surface area (Å²) >= 11 is 0. The Morgan fingerprint density at radius 3 is 2.55 bits per heavy atom. The van der Waals surface area contributed by atoms with Gasteiger partial charge in [0.2, 0.25) is 10.0 Å². The lowest BCUT2D eigenvalue weighted by Gasteiger charge is -2.52. The molecule has 1 aromatic heterocycles. The van der Waals surface area contributed by atoms with Gasteiger partial charge in [-0.3, -0.25) is 9.58 Å². The normalized spacial score (nSPS) is 22.1. The number of rotatable bonds is 7. The van der Waals surface area contributed by atoms with E-state index in [1.54, 1.807) is 30.3 Å². The van der Waals surface area contributed by atoms with Crippen molar-refractivity contribution in [3.8, 4) is 0 Å². The van der Waals surface area contributed by atoms with Gasteiger partial charge >= 0.3 is 0 Å². The number of hydrogen-bond donors (Lipinski definition) is 1. The van der Waals surface area contributed by atoms with Crippen molar-refractivity contribution in [2.45, 2.75) is 62.3 Å². The minimum absolute atomic E-state index is 0.0377. The summed E-state index contributed by atoms with van der Waals surface area (Å²) in [6.07, 6.45) is 6.96. The summed E-state index contributed by atoms with van der Waals surface area (Å²) in [5.74, 6) is 0. The van der Waals surface area contributed by atoms with Gasteiger partial charge in [-0.15, -0.1) is 0 Å². The van der Waals surface area contributed by atoms with E-state index < -0.39 is 10.0 Å². The predicted octanol–water partition coefficient (Wildman–Crippen LogP) is 2.57. The first-order chi connectivity index (χ1) is 13.9. The molecule has 158 valence electrons. The number of benzene rings is 1. The second-order valence-corrected chi connectivity index (χ2v) is 10.3. The molecule has 2 fully saturated rings. The molecule has 2 aromatic rings. The molecule has 3 heterocycles. The molecule has 1 aromatic carbocycles. The average Bonchev–Trinajstić information content (AvgIpc) is 3.15. The quantitative estimate of drug-likeness (QED) is 0.748.